The summed E-state index contributed by atoms with van der Waals surface area (Å²) in [4.78, 5) is 60.6. The smallest absolute Gasteiger partial charge is 0.269 e. The van der Waals surface area contributed by atoms with E-state index in [1.807, 2.05) is 0 Å². The lowest BCUT2D eigenvalue weighted by atomic mass is 9.71. The number of Topliss-reactive ketones (excluding diaryl/α,β-unsaturated/α-hetero) is 2. The van der Waals surface area contributed by atoms with Crippen molar-refractivity contribution in [3.05, 3.63) is 115 Å². The monoisotopic (exact) mass is 836 g/mol. The second kappa shape index (κ2) is 21.9. The van der Waals surface area contributed by atoms with Gasteiger partial charge in [0.2, 0.25) is 22.9 Å². The molecule has 2 N–H and O–H groups in total. The lowest BCUT2D eigenvalue weighted by molar-refractivity contribution is 0.0917. The van der Waals surface area contributed by atoms with Gasteiger partial charge in [-0.15, -0.1) is 0 Å². The Balaban J connectivity index is 0.000000228. The maximum Gasteiger partial charge on any atom is 0.269 e. The molecular weight excluding hydrogens is 781 g/mol. The predicted molar refractivity (Wildman–Crippen MR) is 220 cm³/mol. The molecule has 0 aliphatic heterocycles. The van der Waals surface area contributed by atoms with Crippen molar-refractivity contribution in [3.63, 3.8) is 0 Å². The van der Waals surface area contributed by atoms with Gasteiger partial charge in [0.05, 0.1) is 25.3 Å². The molecule has 0 radical (unpaired) electrons. The van der Waals surface area contributed by atoms with Crippen LogP contribution in [0.25, 0.3) is 0 Å². The summed E-state index contributed by atoms with van der Waals surface area (Å²) in [6.07, 6.45) is 10.2. The average Bonchev–Trinajstić information content (AvgIpc) is 3.27. The summed E-state index contributed by atoms with van der Waals surface area (Å²) in [6, 6.07) is 9.23. The van der Waals surface area contributed by atoms with E-state index in [1.165, 1.54) is 51.1 Å². The molecule has 0 saturated heterocycles. The van der Waals surface area contributed by atoms with Crippen molar-refractivity contribution in [2.24, 2.45) is 23.7 Å². The van der Waals surface area contributed by atoms with Crippen LogP contribution < -0.4 is 20.6 Å². The molecule has 0 bridgehead atoms. The maximum absolute atomic E-state index is 13.6. The normalized spacial score (nSPS) is 20.2. The molecule has 2 fully saturated rings. The van der Waals surface area contributed by atoms with Crippen LogP contribution in [-0.2, 0) is 0 Å². The second-order valence-corrected chi connectivity index (χ2v) is 15.9. The molecule has 0 amide bonds. The number of nitrogens with zero attached hydrogens (tertiary/aromatic N) is 2. The number of aromatic nitrogens is 4. The highest BCUT2D eigenvalue weighted by Crippen LogP contribution is 2.46. The fraction of sp³-hybridized carbons (Fsp3) is 0.522. The Kier molecular flexibility index (Phi) is 16.8. The van der Waals surface area contributed by atoms with Crippen LogP contribution in [-0.4, -0.2) is 45.7 Å². The van der Waals surface area contributed by atoms with Crippen LogP contribution in [0.4, 0.5) is 17.6 Å². The molecule has 10 nitrogen and oxygen atoms in total. The largest absolute Gasteiger partial charge is 0.481 e. The highest BCUT2D eigenvalue weighted by Gasteiger charge is 2.34. The van der Waals surface area contributed by atoms with Gasteiger partial charge in [0.1, 0.15) is 0 Å². The number of carbonyl (C=O) groups is 2. The van der Waals surface area contributed by atoms with Crippen molar-refractivity contribution >= 4 is 11.6 Å². The van der Waals surface area contributed by atoms with Crippen LogP contribution in [0.2, 0.25) is 0 Å². The first-order valence-electron chi connectivity index (χ1n) is 20.9. The average molecular weight is 837 g/mol. The van der Waals surface area contributed by atoms with Crippen molar-refractivity contribution in [1.29, 1.82) is 0 Å². The van der Waals surface area contributed by atoms with Gasteiger partial charge in [0.15, 0.2) is 11.6 Å². The third-order valence-electron chi connectivity index (χ3n) is 12.7. The van der Waals surface area contributed by atoms with Crippen LogP contribution in [0.5, 0.6) is 11.8 Å². The van der Waals surface area contributed by atoms with Gasteiger partial charge in [0, 0.05) is 60.9 Å². The fourth-order valence-electron chi connectivity index (χ4n) is 9.38. The van der Waals surface area contributed by atoms with Crippen molar-refractivity contribution in [2.45, 2.75) is 116 Å². The lowest BCUT2D eigenvalue weighted by Gasteiger charge is -2.34. The standard InChI is InChI=1S/2C23H28F2N2O3/c2*1-3-14(12-19(28)17-8-9-20(29)27-13-17)15-4-6-16(7-5-15)18-10-11-26-23(30-2)21(18)22(24)25/h2*8-11,13-16,22H,3-7,12H2,1-2H3,(H,27,29)/t2*14-,15?,16?/m10/s1. The molecule has 14 heteroatoms. The van der Waals surface area contributed by atoms with E-state index in [9.17, 15) is 36.7 Å². The minimum atomic E-state index is -2.63. The van der Waals surface area contributed by atoms with Gasteiger partial charge in [-0.1, -0.05) is 26.7 Å². The Bertz CT molecular complexity index is 1950. The number of aromatic amines is 2. The van der Waals surface area contributed by atoms with Crippen LogP contribution in [0.3, 0.4) is 0 Å². The first-order chi connectivity index (χ1) is 28.9. The van der Waals surface area contributed by atoms with Crippen molar-refractivity contribution < 1.29 is 36.6 Å². The summed E-state index contributed by atoms with van der Waals surface area (Å²) in [6.45, 7) is 4.17. The number of H-pyrrole nitrogens is 2. The third-order valence-corrected chi connectivity index (χ3v) is 12.7. The quantitative estimate of drug-likeness (QED) is 0.0838. The number of nitrogens with one attached hydrogen (secondary N) is 2. The van der Waals surface area contributed by atoms with Gasteiger partial charge >= 0.3 is 0 Å². The summed E-state index contributed by atoms with van der Waals surface area (Å²) in [5.74, 6) is 1.42. The Morgan fingerprint density at radius 2 is 0.983 bits per heavy atom. The van der Waals surface area contributed by atoms with E-state index in [4.69, 9.17) is 9.47 Å². The molecule has 2 saturated carbocycles. The first-order valence-corrected chi connectivity index (χ1v) is 20.9. The van der Waals surface area contributed by atoms with Gasteiger partial charge in [-0.3, -0.25) is 19.2 Å². The zero-order valence-electron chi connectivity index (χ0n) is 34.7. The number of halogens is 4. The van der Waals surface area contributed by atoms with Gasteiger partial charge < -0.3 is 19.4 Å². The molecule has 0 spiro atoms. The molecule has 4 aromatic rings. The first kappa shape index (κ1) is 45.9. The Morgan fingerprint density at radius 1 is 0.617 bits per heavy atom. The highest BCUT2D eigenvalue weighted by molar-refractivity contribution is 5.96. The lowest BCUT2D eigenvalue weighted by Crippen LogP contribution is -2.24. The fourth-order valence-corrected chi connectivity index (χ4v) is 9.38. The maximum atomic E-state index is 13.6. The number of ketones is 2. The molecular formula is C46H56F4N4O6. The summed E-state index contributed by atoms with van der Waals surface area (Å²) in [7, 11) is 2.72. The number of hydrogen-bond acceptors (Lipinski definition) is 8. The summed E-state index contributed by atoms with van der Waals surface area (Å²) in [5, 5.41) is 0. The number of carbonyl (C=O) groups excluding carboxylic acids is 2. The van der Waals surface area contributed by atoms with Crippen LogP contribution >= 0.6 is 0 Å². The van der Waals surface area contributed by atoms with Gasteiger partial charge in [-0.2, -0.15) is 0 Å². The van der Waals surface area contributed by atoms with Crippen LogP contribution in [0.15, 0.2) is 70.8 Å². The van der Waals surface area contributed by atoms with E-state index in [1.54, 1.807) is 24.3 Å². The molecule has 2 atom stereocenters. The van der Waals surface area contributed by atoms with E-state index in [0.29, 0.717) is 46.9 Å². The number of pyridine rings is 4. The molecule has 2 aliphatic carbocycles. The van der Waals surface area contributed by atoms with E-state index in [-0.39, 0.29) is 69.2 Å². The molecule has 0 unspecified atom stereocenters. The van der Waals surface area contributed by atoms with Gasteiger partial charge in [0.25, 0.3) is 12.9 Å². The molecule has 2 aliphatic rings. The molecule has 0 aromatic carbocycles. The number of alkyl halides is 4. The Hall–Kier alpha value is -5.14. The molecule has 324 valence electrons. The van der Waals surface area contributed by atoms with Crippen LogP contribution in [0, 0.1) is 23.7 Å². The van der Waals surface area contributed by atoms with Gasteiger partial charge in [-0.05, 0) is 122 Å². The highest BCUT2D eigenvalue weighted by atomic mass is 19.3. The zero-order chi connectivity index (χ0) is 43.3. The summed E-state index contributed by atoms with van der Waals surface area (Å²) >= 11 is 0. The predicted octanol–water partition coefficient (Wildman–Crippen LogP) is 10.6. The number of methoxy groups -OCH3 is 2. The Labute approximate surface area is 347 Å². The number of ether oxygens (including phenoxy) is 2. The van der Waals surface area contributed by atoms with E-state index in [0.717, 1.165) is 64.2 Å². The molecule has 4 heterocycles. The van der Waals surface area contributed by atoms with E-state index >= 15 is 0 Å². The number of hydrogen-bond donors (Lipinski definition) is 2. The molecule has 4 aromatic heterocycles. The van der Waals surface area contributed by atoms with E-state index in [2.05, 4.69) is 33.8 Å². The van der Waals surface area contributed by atoms with Crippen molar-refractivity contribution in [3.8, 4) is 11.8 Å². The SMILES string of the molecule is CC[C@@H](CC(=O)c1ccc(=O)[nH]c1)C1CCC(c2ccnc(OC)c2C(F)F)CC1.CC[C@H](CC(=O)c1ccc(=O)[nH]c1)C1CCC(c2ccnc(OC)c2C(F)F)CC1. The zero-order valence-corrected chi connectivity index (χ0v) is 34.7. The minimum absolute atomic E-state index is 0.00237. The van der Waals surface area contributed by atoms with Crippen molar-refractivity contribution in [1.82, 2.24) is 19.9 Å². The summed E-state index contributed by atoms with van der Waals surface area (Å²) < 4.78 is 64.7. The molecule has 60 heavy (non-hydrogen) atoms. The second-order valence-electron chi connectivity index (χ2n) is 15.9. The van der Waals surface area contributed by atoms with Crippen molar-refractivity contribution in [2.75, 3.05) is 14.2 Å². The Morgan fingerprint density at radius 3 is 1.27 bits per heavy atom. The number of rotatable bonds is 16. The minimum Gasteiger partial charge on any atom is -0.481 e. The van der Waals surface area contributed by atoms with Gasteiger partial charge in [-0.25, -0.2) is 27.5 Å². The topological polar surface area (TPSA) is 144 Å². The van der Waals surface area contributed by atoms with E-state index < -0.39 is 12.9 Å². The molecule has 6 rings (SSSR count). The third kappa shape index (κ3) is 11.6. The summed E-state index contributed by atoms with van der Waals surface area (Å²) in [5.41, 5.74) is 1.66. The van der Waals surface area contributed by atoms with Crippen LogP contribution in [0.1, 0.15) is 159 Å².